The van der Waals surface area contributed by atoms with E-state index in [1.165, 1.54) is 102 Å². The molecule has 0 saturated heterocycles. The standard InChI is InChI=1S/C24H42O/c1-3-5-7-9-10-11-12-14-16-22(15-13-8-6-4-2)21-23-17-19-24(25)20-18-23/h17-20,22,25H,3-16,21H2,1-2H3. The molecule has 0 spiro atoms. The molecule has 0 aliphatic carbocycles. The molecule has 0 aromatic heterocycles. The Labute approximate surface area is 157 Å². The van der Waals surface area contributed by atoms with E-state index in [1.54, 1.807) is 0 Å². The normalized spacial score (nSPS) is 12.4. The third-order valence-electron chi connectivity index (χ3n) is 5.39. The summed E-state index contributed by atoms with van der Waals surface area (Å²) in [5.74, 6) is 1.20. The lowest BCUT2D eigenvalue weighted by molar-refractivity contribution is 0.401. The van der Waals surface area contributed by atoms with Crippen LogP contribution in [-0.4, -0.2) is 5.11 Å². The molecule has 1 aromatic carbocycles. The first kappa shape index (κ1) is 22.1. The minimum Gasteiger partial charge on any atom is -0.508 e. The summed E-state index contributed by atoms with van der Waals surface area (Å²) >= 11 is 0. The zero-order valence-electron chi connectivity index (χ0n) is 16.9. The van der Waals surface area contributed by atoms with Crippen LogP contribution in [0, 0.1) is 5.92 Å². The fourth-order valence-electron chi connectivity index (χ4n) is 3.74. The number of phenolic OH excluding ortho intramolecular Hbond substituents is 1. The summed E-state index contributed by atoms with van der Waals surface area (Å²) in [5.41, 5.74) is 1.39. The molecule has 1 rings (SSSR count). The second kappa shape index (κ2) is 15.3. The second-order valence-corrected chi connectivity index (χ2v) is 7.85. The fraction of sp³-hybridized carbons (Fsp3) is 0.750. The Hall–Kier alpha value is -0.980. The lowest BCUT2D eigenvalue weighted by Gasteiger charge is -2.17. The van der Waals surface area contributed by atoms with E-state index in [0.717, 1.165) is 5.92 Å². The monoisotopic (exact) mass is 346 g/mol. The van der Waals surface area contributed by atoms with E-state index in [0.29, 0.717) is 5.75 Å². The van der Waals surface area contributed by atoms with Crippen LogP contribution in [0.1, 0.15) is 109 Å². The molecule has 1 heteroatoms. The van der Waals surface area contributed by atoms with Gasteiger partial charge in [0.15, 0.2) is 0 Å². The molecule has 0 aliphatic rings. The van der Waals surface area contributed by atoms with Gasteiger partial charge in [-0.05, 0) is 30.0 Å². The van der Waals surface area contributed by atoms with E-state index in [9.17, 15) is 5.11 Å². The van der Waals surface area contributed by atoms with Crippen molar-refractivity contribution in [2.45, 2.75) is 110 Å². The highest BCUT2D eigenvalue weighted by molar-refractivity contribution is 5.26. The molecule has 0 heterocycles. The lowest BCUT2D eigenvalue weighted by atomic mass is 9.89. The summed E-state index contributed by atoms with van der Waals surface area (Å²) in [4.78, 5) is 0. The predicted octanol–water partition coefficient (Wildman–Crippen LogP) is 8.05. The first-order chi connectivity index (χ1) is 12.3. The molecule has 1 nitrogen and oxygen atoms in total. The molecule has 0 saturated carbocycles. The predicted molar refractivity (Wildman–Crippen MR) is 111 cm³/mol. The molecule has 0 bridgehead atoms. The van der Waals surface area contributed by atoms with Gasteiger partial charge in [0.05, 0.1) is 0 Å². The Morgan fingerprint density at radius 2 is 1.08 bits per heavy atom. The zero-order valence-corrected chi connectivity index (χ0v) is 16.9. The number of aromatic hydroxyl groups is 1. The summed E-state index contributed by atoms with van der Waals surface area (Å²) in [6, 6.07) is 7.86. The quantitative estimate of drug-likeness (QED) is 0.300. The van der Waals surface area contributed by atoms with E-state index < -0.39 is 0 Å². The van der Waals surface area contributed by atoms with Gasteiger partial charge in [-0.1, -0.05) is 116 Å². The average molecular weight is 347 g/mol. The Balaban J connectivity index is 2.26. The number of benzene rings is 1. The maximum Gasteiger partial charge on any atom is 0.115 e. The van der Waals surface area contributed by atoms with Gasteiger partial charge < -0.3 is 5.11 Å². The zero-order chi connectivity index (χ0) is 18.2. The first-order valence-corrected chi connectivity index (χ1v) is 11.0. The molecular weight excluding hydrogens is 304 g/mol. The van der Waals surface area contributed by atoms with Crippen molar-refractivity contribution >= 4 is 0 Å². The highest BCUT2D eigenvalue weighted by atomic mass is 16.3. The topological polar surface area (TPSA) is 20.2 Å². The molecule has 0 fully saturated rings. The van der Waals surface area contributed by atoms with Crippen molar-refractivity contribution in [2.24, 2.45) is 5.92 Å². The molecule has 0 aliphatic heterocycles. The van der Waals surface area contributed by atoms with Crippen LogP contribution in [0.2, 0.25) is 0 Å². The van der Waals surface area contributed by atoms with Gasteiger partial charge >= 0.3 is 0 Å². The molecule has 144 valence electrons. The van der Waals surface area contributed by atoms with Crippen molar-refractivity contribution in [2.75, 3.05) is 0 Å². The molecular formula is C24H42O. The van der Waals surface area contributed by atoms with E-state index in [4.69, 9.17) is 0 Å². The van der Waals surface area contributed by atoms with Crippen LogP contribution in [0.3, 0.4) is 0 Å². The molecule has 1 N–H and O–H groups in total. The summed E-state index contributed by atoms with van der Waals surface area (Å²) < 4.78 is 0. The van der Waals surface area contributed by atoms with E-state index in [-0.39, 0.29) is 0 Å². The van der Waals surface area contributed by atoms with Crippen molar-refractivity contribution in [1.82, 2.24) is 0 Å². The Kier molecular flexibility index (Phi) is 13.5. The Morgan fingerprint density at radius 3 is 1.60 bits per heavy atom. The first-order valence-electron chi connectivity index (χ1n) is 11.0. The van der Waals surface area contributed by atoms with Gasteiger partial charge in [-0.3, -0.25) is 0 Å². The number of hydrogen-bond acceptors (Lipinski definition) is 1. The van der Waals surface area contributed by atoms with Gasteiger partial charge in [-0.2, -0.15) is 0 Å². The minimum atomic E-state index is 0.381. The van der Waals surface area contributed by atoms with Crippen molar-refractivity contribution in [3.8, 4) is 5.75 Å². The van der Waals surface area contributed by atoms with E-state index in [2.05, 4.69) is 26.0 Å². The van der Waals surface area contributed by atoms with E-state index >= 15 is 0 Å². The Bertz CT molecular complexity index is 395. The minimum absolute atomic E-state index is 0.381. The fourth-order valence-corrected chi connectivity index (χ4v) is 3.74. The molecule has 25 heavy (non-hydrogen) atoms. The van der Waals surface area contributed by atoms with Gasteiger partial charge in [0.1, 0.15) is 5.75 Å². The number of rotatable bonds is 16. The van der Waals surface area contributed by atoms with Crippen LogP contribution in [0.15, 0.2) is 24.3 Å². The van der Waals surface area contributed by atoms with E-state index in [1.807, 2.05) is 12.1 Å². The highest BCUT2D eigenvalue weighted by Gasteiger charge is 2.10. The maximum atomic E-state index is 9.47. The second-order valence-electron chi connectivity index (χ2n) is 7.85. The lowest BCUT2D eigenvalue weighted by Crippen LogP contribution is -2.05. The SMILES string of the molecule is CCCCCCCCCCC(CCCCCC)Cc1ccc(O)cc1. The van der Waals surface area contributed by atoms with Crippen LogP contribution >= 0.6 is 0 Å². The van der Waals surface area contributed by atoms with Gasteiger partial charge in [-0.15, -0.1) is 0 Å². The van der Waals surface area contributed by atoms with Gasteiger partial charge in [0.25, 0.3) is 0 Å². The van der Waals surface area contributed by atoms with Crippen LogP contribution in [-0.2, 0) is 6.42 Å². The third kappa shape index (κ3) is 12.1. The average Bonchev–Trinajstić information content (AvgIpc) is 2.62. The largest absolute Gasteiger partial charge is 0.508 e. The van der Waals surface area contributed by atoms with Crippen molar-refractivity contribution in [3.63, 3.8) is 0 Å². The van der Waals surface area contributed by atoms with Gasteiger partial charge in [0, 0.05) is 0 Å². The van der Waals surface area contributed by atoms with Crippen molar-refractivity contribution in [1.29, 1.82) is 0 Å². The summed E-state index contributed by atoms with van der Waals surface area (Å²) in [5, 5.41) is 9.47. The van der Waals surface area contributed by atoms with Crippen LogP contribution in [0.25, 0.3) is 0 Å². The number of phenols is 1. The molecule has 1 atom stereocenters. The summed E-state index contributed by atoms with van der Waals surface area (Å²) in [6.07, 6.45) is 20.7. The van der Waals surface area contributed by atoms with Crippen LogP contribution in [0.4, 0.5) is 0 Å². The highest BCUT2D eigenvalue weighted by Crippen LogP contribution is 2.24. The van der Waals surface area contributed by atoms with Crippen molar-refractivity contribution < 1.29 is 5.11 Å². The molecule has 0 radical (unpaired) electrons. The van der Waals surface area contributed by atoms with Gasteiger partial charge in [0.2, 0.25) is 0 Å². The van der Waals surface area contributed by atoms with Crippen LogP contribution in [0.5, 0.6) is 5.75 Å². The number of hydrogen-bond donors (Lipinski definition) is 1. The third-order valence-corrected chi connectivity index (χ3v) is 5.39. The van der Waals surface area contributed by atoms with Crippen molar-refractivity contribution in [3.05, 3.63) is 29.8 Å². The summed E-state index contributed by atoms with van der Waals surface area (Å²) in [6.45, 7) is 4.57. The number of unbranched alkanes of at least 4 members (excludes halogenated alkanes) is 10. The van der Waals surface area contributed by atoms with Crippen LogP contribution < -0.4 is 0 Å². The van der Waals surface area contributed by atoms with Gasteiger partial charge in [-0.25, -0.2) is 0 Å². The maximum absolute atomic E-state index is 9.47. The molecule has 1 unspecified atom stereocenters. The smallest absolute Gasteiger partial charge is 0.115 e. The summed E-state index contributed by atoms with van der Waals surface area (Å²) in [7, 11) is 0. The molecule has 0 amide bonds. The Morgan fingerprint density at radius 1 is 0.640 bits per heavy atom. The molecule has 1 aromatic rings.